The van der Waals surface area contributed by atoms with Crippen LogP contribution in [0.2, 0.25) is 0 Å². The molecule has 0 spiro atoms. The van der Waals surface area contributed by atoms with Gasteiger partial charge in [-0.2, -0.15) is 0 Å². The van der Waals surface area contributed by atoms with Gasteiger partial charge in [0.05, 0.1) is 11.5 Å². The lowest BCUT2D eigenvalue weighted by atomic mass is 9.90. The maximum absolute atomic E-state index is 6.31. The third-order valence-electron chi connectivity index (χ3n) is 7.12. The first kappa shape index (κ1) is 22.4. The van der Waals surface area contributed by atoms with Crippen molar-refractivity contribution in [1.29, 1.82) is 0 Å². The zero-order valence-corrected chi connectivity index (χ0v) is 19.7. The van der Waals surface area contributed by atoms with E-state index in [2.05, 4.69) is 34.0 Å². The highest BCUT2D eigenvalue weighted by Crippen LogP contribution is 2.37. The molecule has 2 unspecified atom stereocenters. The fourth-order valence-electron chi connectivity index (χ4n) is 5.41. The molecule has 0 amide bonds. The maximum atomic E-state index is 6.31. The van der Waals surface area contributed by atoms with Gasteiger partial charge in [0.1, 0.15) is 0 Å². The Hall–Kier alpha value is -1.26. The molecule has 3 aliphatic rings. The SMILES string of the molecule is C\C=C(Cl)/C=C(C)/C(NC(C)=NC)=C(/C)N1CC2CCCN(C3CCCC3)C2C1. The minimum atomic E-state index is 0.715. The van der Waals surface area contributed by atoms with Crippen LogP contribution in [-0.2, 0) is 0 Å². The number of likely N-dealkylation sites (tertiary alicyclic amines) is 2. The summed E-state index contributed by atoms with van der Waals surface area (Å²) in [7, 11) is 1.83. The molecule has 2 atom stereocenters. The Bertz CT molecular complexity index is 700. The Balaban J connectivity index is 1.85. The third-order valence-corrected chi connectivity index (χ3v) is 7.45. The second-order valence-corrected chi connectivity index (χ2v) is 9.38. The van der Waals surface area contributed by atoms with Crippen LogP contribution < -0.4 is 5.32 Å². The summed E-state index contributed by atoms with van der Waals surface area (Å²) in [6.07, 6.45) is 12.3. The Morgan fingerprint density at radius 2 is 1.79 bits per heavy atom. The second-order valence-electron chi connectivity index (χ2n) is 8.95. The van der Waals surface area contributed by atoms with Gasteiger partial charge in [-0.3, -0.25) is 9.89 Å². The highest BCUT2D eigenvalue weighted by Gasteiger charge is 2.42. The van der Waals surface area contributed by atoms with Crippen molar-refractivity contribution in [2.45, 2.75) is 78.3 Å². The average molecular weight is 419 g/mol. The molecule has 29 heavy (non-hydrogen) atoms. The number of nitrogens with zero attached hydrogens (tertiary/aromatic N) is 3. The van der Waals surface area contributed by atoms with Crippen LogP contribution in [0.5, 0.6) is 0 Å². The summed E-state index contributed by atoms with van der Waals surface area (Å²) in [5.74, 6) is 1.72. The van der Waals surface area contributed by atoms with Gasteiger partial charge in [0.2, 0.25) is 0 Å². The van der Waals surface area contributed by atoms with E-state index in [1.165, 1.54) is 50.8 Å². The molecule has 0 aromatic rings. The van der Waals surface area contributed by atoms with E-state index in [1.54, 1.807) is 0 Å². The number of hydrogen-bond donors (Lipinski definition) is 1. The largest absolute Gasteiger partial charge is 0.371 e. The fourth-order valence-corrected chi connectivity index (χ4v) is 5.57. The van der Waals surface area contributed by atoms with Gasteiger partial charge >= 0.3 is 0 Å². The topological polar surface area (TPSA) is 30.9 Å². The van der Waals surface area contributed by atoms with Crippen molar-refractivity contribution in [2.75, 3.05) is 26.7 Å². The summed E-state index contributed by atoms with van der Waals surface area (Å²) in [6.45, 7) is 12.0. The first-order valence-corrected chi connectivity index (χ1v) is 11.7. The van der Waals surface area contributed by atoms with E-state index in [0.29, 0.717) is 6.04 Å². The lowest BCUT2D eigenvalue weighted by Gasteiger charge is -2.40. The van der Waals surface area contributed by atoms with Gasteiger partial charge in [-0.15, -0.1) is 0 Å². The second kappa shape index (κ2) is 10.2. The molecule has 0 bridgehead atoms. The van der Waals surface area contributed by atoms with Crippen LogP contribution in [0.1, 0.15) is 66.2 Å². The van der Waals surface area contributed by atoms with Crippen molar-refractivity contribution in [3.63, 3.8) is 0 Å². The van der Waals surface area contributed by atoms with E-state index in [4.69, 9.17) is 11.6 Å². The molecule has 2 saturated heterocycles. The van der Waals surface area contributed by atoms with Crippen molar-refractivity contribution in [3.8, 4) is 0 Å². The normalized spacial score (nSPS) is 28.6. The molecule has 5 heteroatoms. The van der Waals surface area contributed by atoms with Gasteiger partial charge in [-0.05, 0) is 77.5 Å². The summed E-state index contributed by atoms with van der Waals surface area (Å²) in [6, 6.07) is 1.54. The molecular formula is C24H39ClN4. The predicted molar refractivity (Wildman–Crippen MR) is 125 cm³/mol. The number of allylic oxidation sites excluding steroid dienone is 5. The number of rotatable bonds is 5. The van der Waals surface area contributed by atoms with Crippen LogP contribution >= 0.6 is 11.6 Å². The van der Waals surface area contributed by atoms with Crippen LogP contribution in [-0.4, -0.2) is 54.4 Å². The third kappa shape index (κ3) is 5.27. The molecule has 2 heterocycles. The van der Waals surface area contributed by atoms with Crippen LogP contribution in [0.3, 0.4) is 0 Å². The molecule has 3 rings (SSSR count). The fraction of sp³-hybridized carbons (Fsp3) is 0.708. The van der Waals surface area contributed by atoms with E-state index in [-0.39, 0.29) is 0 Å². The monoisotopic (exact) mass is 418 g/mol. The number of amidine groups is 1. The quantitative estimate of drug-likeness (QED) is 0.374. The molecule has 0 radical (unpaired) electrons. The minimum Gasteiger partial charge on any atom is -0.371 e. The first-order chi connectivity index (χ1) is 13.9. The van der Waals surface area contributed by atoms with Crippen molar-refractivity contribution in [2.24, 2.45) is 10.9 Å². The van der Waals surface area contributed by atoms with Crippen molar-refractivity contribution < 1.29 is 0 Å². The van der Waals surface area contributed by atoms with Crippen molar-refractivity contribution >= 4 is 17.4 Å². The standard InChI is InChI=1S/C24H39ClN4/c1-6-21(25)14-17(2)24(27-19(4)26-5)18(3)28-15-20-10-9-13-29(23(20)16-28)22-11-7-8-12-22/h6,14,20,22-23H,7-13,15-16H2,1-5H3,(H,26,27)/b17-14+,21-6+,24-18+. The van der Waals surface area contributed by atoms with Crippen LogP contribution in [0.4, 0.5) is 0 Å². The highest BCUT2D eigenvalue weighted by molar-refractivity contribution is 6.31. The smallest absolute Gasteiger partial charge is 0.0972 e. The molecule has 3 fully saturated rings. The number of halogens is 1. The predicted octanol–water partition coefficient (Wildman–Crippen LogP) is 5.28. The Kier molecular flexibility index (Phi) is 7.86. The van der Waals surface area contributed by atoms with Crippen molar-refractivity contribution in [1.82, 2.24) is 15.1 Å². The van der Waals surface area contributed by atoms with Gasteiger partial charge in [-0.25, -0.2) is 0 Å². The summed E-state index contributed by atoms with van der Waals surface area (Å²) in [5.41, 5.74) is 3.60. The minimum absolute atomic E-state index is 0.715. The molecule has 162 valence electrons. The van der Waals surface area contributed by atoms with E-state index in [9.17, 15) is 0 Å². The zero-order valence-electron chi connectivity index (χ0n) is 19.0. The van der Waals surface area contributed by atoms with Gasteiger partial charge in [0.25, 0.3) is 0 Å². The van der Waals surface area contributed by atoms with Crippen LogP contribution in [0.25, 0.3) is 0 Å². The summed E-state index contributed by atoms with van der Waals surface area (Å²) in [5, 5.41) is 4.31. The Labute approximate surface area is 182 Å². The van der Waals surface area contributed by atoms with E-state index in [1.807, 2.05) is 33.0 Å². The number of fused-ring (bicyclic) bond motifs is 1. The molecule has 0 aromatic heterocycles. The van der Waals surface area contributed by atoms with Crippen molar-refractivity contribution in [3.05, 3.63) is 34.2 Å². The molecular weight excluding hydrogens is 380 g/mol. The highest BCUT2D eigenvalue weighted by atomic mass is 35.5. The van der Waals surface area contributed by atoms with E-state index >= 15 is 0 Å². The zero-order chi connectivity index (χ0) is 21.0. The number of nitrogens with one attached hydrogen (secondary N) is 1. The lowest BCUT2D eigenvalue weighted by molar-refractivity contribution is 0.0786. The summed E-state index contributed by atoms with van der Waals surface area (Å²) >= 11 is 6.31. The summed E-state index contributed by atoms with van der Waals surface area (Å²) in [4.78, 5) is 9.81. The van der Waals surface area contributed by atoms with Crippen LogP contribution in [0.15, 0.2) is 39.1 Å². The van der Waals surface area contributed by atoms with E-state index in [0.717, 1.165) is 47.2 Å². The van der Waals surface area contributed by atoms with Gasteiger partial charge in [0.15, 0.2) is 0 Å². The van der Waals surface area contributed by atoms with Crippen LogP contribution in [0, 0.1) is 5.92 Å². The summed E-state index contributed by atoms with van der Waals surface area (Å²) < 4.78 is 0. The molecule has 1 N–H and O–H groups in total. The Morgan fingerprint density at radius 3 is 2.45 bits per heavy atom. The first-order valence-electron chi connectivity index (χ1n) is 11.4. The lowest BCUT2D eigenvalue weighted by Crippen LogP contribution is -2.49. The number of piperidine rings is 1. The maximum Gasteiger partial charge on any atom is 0.0972 e. The van der Waals surface area contributed by atoms with Gasteiger partial charge < -0.3 is 10.2 Å². The van der Waals surface area contributed by atoms with E-state index < -0.39 is 0 Å². The molecule has 4 nitrogen and oxygen atoms in total. The Morgan fingerprint density at radius 1 is 1.07 bits per heavy atom. The number of aliphatic imine (C=N–C) groups is 1. The molecule has 1 saturated carbocycles. The van der Waals surface area contributed by atoms with Gasteiger partial charge in [-0.1, -0.05) is 30.5 Å². The average Bonchev–Trinajstić information content (AvgIpc) is 3.40. The molecule has 0 aromatic carbocycles. The molecule has 1 aliphatic carbocycles. The number of hydrogen-bond acceptors (Lipinski definition) is 3. The molecule has 2 aliphatic heterocycles. The van der Waals surface area contributed by atoms with Gasteiger partial charge in [0, 0.05) is 43.0 Å².